The lowest BCUT2D eigenvalue weighted by atomic mass is 10.1. The zero-order valence-electron chi connectivity index (χ0n) is 15.6. The molecule has 0 aromatic heterocycles. The minimum atomic E-state index is -3.04. The van der Waals surface area contributed by atoms with Crippen LogP contribution in [0.15, 0.2) is 18.2 Å². The Balaban J connectivity index is 0.000000488. The van der Waals surface area contributed by atoms with Gasteiger partial charge in [0.15, 0.2) is 9.84 Å². The number of rotatable bonds is 8. The maximum absolute atomic E-state index is 10.8. The number of carboxylic acid groups (broad SMARTS) is 1. The molecule has 0 fully saturated rings. The van der Waals surface area contributed by atoms with Gasteiger partial charge in [-0.2, -0.15) is 0 Å². The van der Waals surface area contributed by atoms with Crippen LogP contribution >= 0.6 is 0 Å². The van der Waals surface area contributed by atoms with Crippen LogP contribution in [0.1, 0.15) is 25.0 Å². The van der Waals surface area contributed by atoms with Crippen molar-refractivity contribution in [2.75, 3.05) is 30.0 Å². The predicted molar refractivity (Wildman–Crippen MR) is 101 cm³/mol. The van der Waals surface area contributed by atoms with E-state index in [2.05, 4.69) is 10.1 Å². The molecule has 0 bridgehead atoms. The van der Waals surface area contributed by atoms with Crippen molar-refractivity contribution in [1.82, 2.24) is 0 Å². The van der Waals surface area contributed by atoms with Crippen LogP contribution < -0.4 is 11.1 Å². The summed E-state index contributed by atoms with van der Waals surface area (Å²) in [5, 5.41) is 11.7. The number of aryl methyl sites for hydroxylation is 2. The standard InChI is InChI=1S/C11H15NO2.C6H13NO4S/c1-7-5-4-6-8(2)10(7)12-9(3)11(13)14;1-2-12(9,10)4-3-11-6(8)5-7/h4-6,9,12H,1-3H3,(H,13,14);2-5,7H2,1H3/t9-;/m0./s1. The van der Waals surface area contributed by atoms with E-state index in [1.54, 1.807) is 13.8 Å². The highest BCUT2D eigenvalue weighted by molar-refractivity contribution is 7.91. The topological polar surface area (TPSA) is 136 Å². The number of carbonyl (C=O) groups excluding carboxylic acids is 1. The predicted octanol–water partition coefficient (Wildman–Crippen LogP) is 1.11. The summed E-state index contributed by atoms with van der Waals surface area (Å²) in [6.07, 6.45) is 0. The number of para-hydroxylation sites is 1. The highest BCUT2D eigenvalue weighted by Crippen LogP contribution is 2.20. The number of esters is 1. The first-order valence-electron chi connectivity index (χ1n) is 8.15. The number of nitrogens with one attached hydrogen (secondary N) is 1. The highest BCUT2D eigenvalue weighted by atomic mass is 32.2. The summed E-state index contributed by atoms with van der Waals surface area (Å²) in [7, 11) is -3.04. The van der Waals surface area contributed by atoms with Crippen molar-refractivity contribution in [3.63, 3.8) is 0 Å². The molecule has 0 aliphatic carbocycles. The number of ether oxygens (including phenoxy) is 1. The summed E-state index contributed by atoms with van der Waals surface area (Å²) in [5.74, 6) is -1.49. The van der Waals surface area contributed by atoms with Crippen LogP contribution in [-0.2, 0) is 24.2 Å². The van der Waals surface area contributed by atoms with Crippen LogP contribution in [0, 0.1) is 13.8 Å². The van der Waals surface area contributed by atoms with Crippen molar-refractivity contribution in [2.45, 2.75) is 33.7 Å². The van der Waals surface area contributed by atoms with E-state index < -0.39 is 27.8 Å². The molecule has 0 spiro atoms. The van der Waals surface area contributed by atoms with Crippen LogP contribution in [0.4, 0.5) is 5.69 Å². The van der Waals surface area contributed by atoms with Crippen molar-refractivity contribution >= 4 is 27.5 Å². The lowest BCUT2D eigenvalue weighted by Crippen LogP contribution is -2.26. The quantitative estimate of drug-likeness (QED) is 0.564. The Bertz CT molecular complexity index is 683. The molecule has 9 heteroatoms. The van der Waals surface area contributed by atoms with Gasteiger partial charge in [0, 0.05) is 11.4 Å². The largest absolute Gasteiger partial charge is 0.480 e. The fourth-order valence-electron chi connectivity index (χ4n) is 1.81. The summed E-state index contributed by atoms with van der Waals surface area (Å²) < 4.78 is 26.2. The molecule has 26 heavy (non-hydrogen) atoms. The van der Waals surface area contributed by atoms with Gasteiger partial charge < -0.3 is 20.9 Å². The molecule has 1 aromatic rings. The van der Waals surface area contributed by atoms with E-state index in [4.69, 9.17) is 10.8 Å². The number of hydrogen-bond acceptors (Lipinski definition) is 7. The first-order valence-corrected chi connectivity index (χ1v) is 9.97. The number of carbonyl (C=O) groups is 2. The molecule has 0 radical (unpaired) electrons. The second-order valence-electron chi connectivity index (χ2n) is 5.63. The Morgan fingerprint density at radius 2 is 1.81 bits per heavy atom. The first kappa shape index (κ1) is 23.9. The number of benzene rings is 1. The van der Waals surface area contributed by atoms with Crippen LogP contribution in [0.3, 0.4) is 0 Å². The second-order valence-corrected chi connectivity index (χ2v) is 8.10. The minimum Gasteiger partial charge on any atom is -0.480 e. The molecule has 0 saturated heterocycles. The minimum absolute atomic E-state index is 0.0627. The highest BCUT2D eigenvalue weighted by Gasteiger charge is 2.12. The third-order valence-corrected chi connectivity index (χ3v) is 5.14. The fraction of sp³-hybridized carbons (Fsp3) is 0.529. The van der Waals surface area contributed by atoms with E-state index >= 15 is 0 Å². The number of aliphatic carboxylic acids is 1. The maximum atomic E-state index is 10.8. The molecule has 148 valence electrons. The molecular weight excluding hydrogens is 360 g/mol. The first-order chi connectivity index (χ1) is 12.0. The molecule has 0 amide bonds. The number of carboxylic acids is 1. The SMILES string of the molecule is CCS(=O)(=O)CCOC(=O)CN.Cc1cccc(C)c1N[C@@H](C)C(=O)O. The number of sulfone groups is 1. The van der Waals surface area contributed by atoms with Crippen molar-refractivity contribution in [3.8, 4) is 0 Å². The Morgan fingerprint density at radius 1 is 1.27 bits per heavy atom. The van der Waals surface area contributed by atoms with Gasteiger partial charge in [-0.25, -0.2) is 8.42 Å². The Morgan fingerprint density at radius 3 is 2.23 bits per heavy atom. The Hall–Kier alpha value is -2.13. The van der Waals surface area contributed by atoms with Gasteiger partial charge in [-0.3, -0.25) is 9.59 Å². The summed E-state index contributed by atoms with van der Waals surface area (Å²) in [5.41, 5.74) is 7.98. The summed E-state index contributed by atoms with van der Waals surface area (Å²) >= 11 is 0. The van der Waals surface area contributed by atoms with Gasteiger partial charge in [-0.05, 0) is 31.9 Å². The van der Waals surface area contributed by atoms with Gasteiger partial charge in [0.1, 0.15) is 12.6 Å². The van der Waals surface area contributed by atoms with E-state index in [0.717, 1.165) is 16.8 Å². The van der Waals surface area contributed by atoms with Crippen LogP contribution in [0.5, 0.6) is 0 Å². The zero-order chi connectivity index (χ0) is 20.3. The van der Waals surface area contributed by atoms with E-state index in [-0.39, 0.29) is 24.7 Å². The molecule has 0 aliphatic heterocycles. The van der Waals surface area contributed by atoms with Crippen molar-refractivity contribution < 1.29 is 27.9 Å². The van der Waals surface area contributed by atoms with Crippen molar-refractivity contribution in [2.24, 2.45) is 5.73 Å². The van der Waals surface area contributed by atoms with Gasteiger partial charge in [-0.1, -0.05) is 25.1 Å². The van der Waals surface area contributed by atoms with Gasteiger partial charge >= 0.3 is 11.9 Å². The lowest BCUT2D eigenvalue weighted by Gasteiger charge is -2.15. The van der Waals surface area contributed by atoms with Crippen LogP contribution in [0.25, 0.3) is 0 Å². The number of nitrogens with two attached hydrogens (primary N) is 1. The summed E-state index contributed by atoms with van der Waals surface area (Å²) in [4.78, 5) is 21.1. The van der Waals surface area contributed by atoms with Gasteiger partial charge in [0.05, 0.1) is 12.3 Å². The van der Waals surface area contributed by atoms with E-state index in [1.165, 1.54) is 0 Å². The van der Waals surface area contributed by atoms with Crippen molar-refractivity contribution in [1.29, 1.82) is 0 Å². The molecule has 8 nitrogen and oxygen atoms in total. The van der Waals surface area contributed by atoms with Gasteiger partial charge in [0.25, 0.3) is 0 Å². The van der Waals surface area contributed by atoms with Gasteiger partial charge in [-0.15, -0.1) is 0 Å². The molecule has 4 N–H and O–H groups in total. The molecule has 0 aliphatic rings. The lowest BCUT2D eigenvalue weighted by molar-refractivity contribution is -0.141. The van der Waals surface area contributed by atoms with E-state index in [1.807, 2.05) is 32.0 Å². The average molecular weight is 388 g/mol. The van der Waals surface area contributed by atoms with Crippen LogP contribution in [-0.4, -0.2) is 56.2 Å². The maximum Gasteiger partial charge on any atom is 0.325 e. The molecule has 0 saturated carbocycles. The Kier molecular flexibility index (Phi) is 10.5. The van der Waals surface area contributed by atoms with Crippen LogP contribution in [0.2, 0.25) is 0 Å². The normalized spacial score (nSPS) is 11.7. The molecule has 1 aromatic carbocycles. The Labute approximate surface area is 154 Å². The van der Waals surface area contributed by atoms with Gasteiger partial charge in [0.2, 0.25) is 0 Å². The van der Waals surface area contributed by atoms with E-state index in [9.17, 15) is 18.0 Å². The molecule has 1 rings (SSSR count). The monoisotopic (exact) mass is 388 g/mol. The molecule has 1 atom stereocenters. The van der Waals surface area contributed by atoms with Crippen molar-refractivity contribution in [3.05, 3.63) is 29.3 Å². The molecule has 0 unspecified atom stereocenters. The third kappa shape index (κ3) is 9.38. The smallest absolute Gasteiger partial charge is 0.325 e. The fourth-order valence-corrected chi connectivity index (χ4v) is 2.43. The average Bonchev–Trinajstić information content (AvgIpc) is 2.58. The third-order valence-electron chi connectivity index (χ3n) is 3.48. The number of anilines is 1. The number of hydrogen-bond donors (Lipinski definition) is 3. The molecular formula is C17H28N2O6S. The zero-order valence-corrected chi connectivity index (χ0v) is 16.4. The van der Waals surface area contributed by atoms with E-state index in [0.29, 0.717) is 0 Å². The summed E-state index contributed by atoms with van der Waals surface area (Å²) in [6, 6.07) is 5.32. The summed E-state index contributed by atoms with van der Waals surface area (Å²) in [6.45, 7) is 6.78. The second kappa shape index (κ2) is 11.5. The molecule has 0 heterocycles.